The number of hydrogen-bond acceptors (Lipinski definition) is 2. The van der Waals surface area contributed by atoms with Gasteiger partial charge in [-0.3, -0.25) is 4.79 Å². The summed E-state index contributed by atoms with van der Waals surface area (Å²) in [6, 6.07) is 12.7. The first-order valence-corrected chi connectivity index (χ1v) is 6.45. The third-order valence-corrected chi connectivity index (χ3v) is 3.99. The van der Waals surface area contributed by atoms with E-state index in [9.17, 15) is 4.79 Å². The molecule has 1 nitrogen and oxygen atoms in total. The molecule has 0 amide bonds. The average Bonchev–Trinajstić information content (AvgIpc) is 2.33. The summed E-state index contributed by atoms with van der Waals surface area (Å²) in [5.41, 5.74) is 0.656. The summed E-state index contributed by atoms with van der Waals surface area (Å²) in [7, 11) is 0. The number of aldehydes is 1. The van der Waals surface area contributed by atoms with Gasteiger partial charge >= 0.3 is 0 Å². The number of halogens is 2. The van der Waals surface area contributed by atoms with Crippen LogP contribution in [0, 0.1) is 0 Å². The molecule has 0 fully saturated rings. The van der Waals surface area contributed by atoms with E-state index in [1.165, 1.54) is 11.8 Å². The van der Waals surface area contributed by atoms with Gasteiger partial charge in [0.25, 0.3) is 0 Å². The number of rotatable bonds is 3. The van der Waals surface area contributed by atoms with Crippen molar-refractivity contribution in [2.75, 3.05) is 0 Å². The van der Waals surface area contributed by atoms with Gasteiger partial charge in [0.2, 0.25) is 0 Å². The van der Waals surface area contributed by atoms with Crippen molar-refractivity contribution in [3.8, 4) is 0 Å². The van der Waals surface area contributed by atoms with Crippen LogP contribution >= 0.6 is 35.0 Å². The molecule has 0 unspecified atom stereocenters. The molecule has 2 aromatic rings. The largest absolute Gasteiger partial charge is 0.298 e. The zero-order valence-corrected chi connectivity index (χ0v) is 11.0. The van der Waals surface area contributed by atoms with Gasteiger partial charge in [0.15, 0.2) is 6.29 Å². The normalized spacial score (nSPS) is 10.2. The zero-order valence-electron chi connectivity index (χ0n) is 8.69. The SMILES string of the molecule is O=Cc1ccccc1Sc1ccc(Cl)cc1Cl. The van der Waals surface area contributed by atoms with Gasteiger partial charge in [-0.15, -0.1) is 0 Å². The van der Waals surface area contributed by atoms with Crippen molar-refractivity contribution in [2.45, 2.75) is 9.79 Å². The molecule has 0 bridgehead atoms. The average molecular weight is 283 g/mol. The highest BCUT2D eigenvalue weighted by Crippen LogP contribution is 2.35. The van der Waals surface area contributed by atoms with E-state index >= 15 is 0 Å². The molecule has 2 aromatic carbocycles. The lowest BCUT2D eigenvalue weighted by molar-refractivity contribution is 0.112. The molecule has 0 radical (unpaired) electrons. The fraction of sp³-hybridized carbons (Fsp3) is 0. The summed E-state index contributed by atoms with van der Waals surface area (Å²) in [5, 5.41) is 1.19. The summed E-state index contributed by atoms with van der Waals surface area (Å²) < 4.78 is 0. The van der Waals surface area contributed by atoms with Crippen LogP contribution < -0.4 is 0 Å². The van der Waals surface area contributed by atoms with Gasteiger partial charge in [0.1, 0.15) is 0 Å². The maximum Gasteiger partial charge on any atom is 0.151 e. The first kappa shape index (κ1) is 12.5. The molecule has 0 aliphatic rings. The van der Waals surface area contributed by atoms with Crippen molar-refractivity contribution >= 4 is 41.2 Å². The van der Waals surface area contributed by atoms with Crippen molar-refractivity contribution in [1.29, 1.82) is 0 Å². The molecule has 0 heterocycles. The number of carbonyl (C=O) groups is 1. The highest BCUT2D eigenvalue weighted by Gasteiger charge is 2.06. The molecule has 4 heteroatoms. The van der Waals surface area contributed by atoms with Gasteiger partial charge in [-0.1, -0.05) is 53.2 Å². The lowest BCUT2D eigenvalue weighted by Gasteiger charge is -2.06. The summed E-state index contributed by atoms with van der Waals surface area (Å²) in [6.07, 6.45) is 0.839. The zero-order chi connectivity index (χ0) is 12.3. The van der Waals surface area contributed by atoms with Crippen LogP contribution in [0.4, 0.5) is 0 Å². The quantitative estimate of drug-likeness (QED) is 0.741. The first-order valence-electron chi connectivity index (χ1n) is 4.88. The van der Waals surface area contributed by atoms with E-state index in [1.54, 1.807) is 18.2 Å². The Bertz CT molecular complexity index is 555. The molecular weight excluding hydrogens is 275 g/mol. The summed E-state index contributed by atoms with van der Waals surface area (Å²) in [4.78, 5) is 12.7. The lowest BCUT2D eigenvalue weighted by Crippen LogP contribution is -1.84. The van der Waals surface area contributed by atoms with E-state index in [2.05, 4.69) is 0 Å². The lowest BCUT2D eigenvalue weighted by atomic mass is 10.2. The Morgan fingerprint density at radius 1 is 1.00 bits per heavy atom. The smallest absolute Gasteiger partial charge is 0.151 e. The second-order valence-corrected chi connectivity index (χ2v) is 5.26. The van der Waals surface area contributed by atoms with Gasteiger partial charge in [-0.2, -0.15) is 0 Å². The van der Waals surface area contributed by atoms with Crippen LogP contribution in [0.25, 0.3) is 0 Å². The van der Waals surface area contributed by atoms with E-state index in [0.29, 0.717) is 15.6 Å². The second-order valence-electron chi connectivity index (χ2n) is 3.33. The third kappa shape index (κ3) is 3.03. The molecule has 0 aliphatic heterocycles. The Morgan fingerprint density at radius 3 is 2.47 bits per heavy atom. The predicted octanol–water partition coefficient (Wildman–Crippen LogP) is 4.96. The van der Waals surface area contributed by atoms with Crippen LogP contribution in [-0.4, -0.2) is 6.29 Å². The van der Waals surface area contributed by atoms with Crippen molar-refractivity contribution in [1.82, 2.24) is 0 Å². The molecule has 0 saturated carbocycles. The van der Waals surface area contributed by atoms with E-state index in [1.807, 2.05) is 24.3 Å². The van der Waals surface area contributed by atoms with Crippen LogP contribution in [0.2, 0.25) is 10.0 Å². The molecule has 2 rings (SSSR count). The molecule has 0 aliphatic carbocycles. The number of carbonyl (C=O) groups excluding carboxylic acids is 1. The van der Waals surface area contributed by atoms with Gasteiger partial charge in [-0.25, -0.2) is 0 Å². The maximum atomic E-state index is 10.9. The minimum absolute atomic E-state index is 0.586. The molecule has 0 aromatic heterocycles. The second kappa shape index (κ2) is 5.58. The van der Waals surface area contributed by atoms with Gasteiger partial charge < -0.3 is 0 Å². The summed E-state index contributed by atoms with van der Waals surface area (Å²) in [6.45, 7) is 0. The predicted molar refractivity (Wildman–Crippen MR) is 72.4 cm³/mol. The van der Waals surface area contributed by atoms with E-state index < -0.39 is 0 Å². The van der Waals surface area contributed by atoms with Crippen LogP contribution in [0.15, 0.2) is 52.3 Å². The highest BCUT2D eigenvalue weighted by molar-refractivity contribution is 7.99. The van der Waals surface area contributed by atoms with Crippen molar-refractivity contribution in [3.63, 3.8) is 0 Å². The van der Waals surface area contributed by atoms with Crippen molar-refractivity contribution in [2.24, 2.45) is 0 Å². The van der Waals surface area contributed by atoms with Crippen LogP contribution in [-0.2, 0) is 0 Å². The molecule has 17 heavy (non-hydrogen) atoms. The molecular formula is C13H8Cl2OS. The van der Waals surface area contributed by atoms with Crippen LogP contribution in [0.1, 0.15) is 10.4 Å². The van der Waals surface area contributed by atoms with Gasteiger partial charge in [0, 0.05) is 20.4 Å². The van der Waals surface area contributed by atoms with Crippen molar-refractivity contribution < 1.29 is 4.79 Å². The Labute approximate surface area is 114 Å². The Hall–Kier alpha value is -0.960. The van der Waals surface area contributed by atoms with Gasteiger partial charge in [-0.05, 0) is 24.3 Å². The number of benzene rings is 2. The molecule has 0 spiro atoms. The minimum atomic E-state index is 0.586. The molecule has 0 atom stereocenters. The van der Waals surface area contributed by atoms with Crippen LogP contribution in [0.3, 0.4) is 0 Å². The fourth-order valence-electron chi connectivity index (χ4n) is 1.35. The highest BCUT2D eigenvalue weighted by atomic mass is 35.5. The maximum absolute atomic E-state index is 10.9. The standard InChI is InChI=1S/C13H8Cl2OS/c14-10-5-6-13(11(15)7-10)17-12-4-2-1-3-9(12)8-16/h1-8H. The van der Waals surface area contributed by atoms with E-state index in [0.717, 1.165) is 16.1 Å². The third-order valence-electron chi connectivity index (χ3n) is 2.16. The first-order chi connectivity index (χ1) is 8.20. The fourth-order valence-corrected chi connectivity index (χ4v) is 2.78. The van der Waals surface area contributed by atoms with E-state index in [-0.39, 0.29) is 0 Å². The summed E-state index contributed by atoms with van der Waals surface area (Å²) >= 11 is 13.4. The van der Waals surface area contributed by atoms with Crippen LogP contribution in [0.5, 0.6) is 0 Å². The van der Waals surface area contributed by atoms with Crippen molar-refractivity contribution in [3.05, 3.63) is 58.1 Å². The topological polar surface area (TPSA) is 17.1 Å². The Balaban J connectivity index is 2.34. The minimum Gasteiger partial charge on any atom is -0.298 e. The molecule has 86 valence electrons. The molecule has 0 saturated heterocycles. The monoisotopic (exact) mass is 282 g/mol. The Kier molecular flexibility index (Phi) is 4.11. The Morgan fingerprint density at radius 2 is 1.76 bits per heavy atom. The van der Waals surface area contributed by atoms with Gasteiger partial charge in [0.05, 0.1) is 5.02 Å². The van der Waals surface area contributed by atoms with E-state index in [4.69, 9.17) is 23.2 Å². The molecule has 0 N–H and O–H groups in total. The summed E-state index contributed by atoms with van der Waals surface area (Å²) in [5.74, 6) is 0. The number of hydrogen-bond donors (Lipinski definition) is 0.